The first-order valence-corrected chi connectivity index (χ1v) is 6.71. The standard InChI is InChI=1S/C12H16N2O2S/c1-17-10-5-3-2-4-9(10)14-12(6-11(15)16)7-13-8-12/h2-5,13-14H,6-8H2,1H3,(H,15,16). The number of para-hydroxylation sites is 1. The van der Waals surface area contributed by atoms with Gasteiger partial charge in [-0.3, -0.25) is 4.79 Å². The zero-order valence-electron chi connectivity index (χ0n) is 9.69. The van der Waals surface area contributed by atoms with Gasteiger partial charge in [-0.05, 0) is 18.4 Å². The molecule has 1 aromatic carbocycles. The Labute approximate surface area is 105 Å². The van der Waals surface area contributed by atoms with Crippen LogP contribution >= 0.6 is 11.8 Å². The smallest absolute Gasteiger partial charge is 0.305 e. The summed E-state index contributed by atoms with van der Waals surface area (Å²) in [5, 5.41) is 15.5. The lowest BCUT2D eigenvalue weighted by atomic mass is 9.88. The summed E-state index contributed by atoms with van der Waals surface area (Å²) in [7, 11) is 0. The summed E-state index contributed by atoms with van der Waals surface area (Å²) in [6, 6.07) is 7.98. The molecule has 5 heteroatoms. The molecule has 1 aliphatic rings. The van der Waals surface area contributed by atoms with E-state index >= 15 is 0 Å². The van der Waals surface area contributed by atoms with E-state index in [-0.39, 0.29) is 12.0 Å². The van der Waals surface area contributed by atoms with Crippen molar-refractivity contribution in [3.8, 4) is 0 Å². The van der Waals surface area contributed by atoms with Gasteiger partial charge in [-0.15, -0.1) is 11.8 Å². The van der Waals surface area contributed by atoms with Crippen LogP contribution < -0.4 is 10.6 Å². The Balaban J connectivity index is 2.15. The molecule has 3 N–H and O–H groups in total. The maximum atomic E-state index is 10.9. The quantitative estimate of drug-likeness (QED) is 0.695. The van der Waals surface area contributed by atoms with Crippen molar-refractivity contribution >= 4 is 23.4 Å². The van der Waals surface area contributed by atoms with Crippen molar-refractivity contribution in [1.82, 2.24) is 5.32 Å². The summed E-state index contributed by atoms with van der Waals surface area (Å²) in [5.74, 6) is -0.763. The first-order valence-electron chi connectivity index (χ1n) is 5.49. The summed E-state index contributed by atoms with van der Waals surface area (Å²) >= 11 is 1.66. The lowest BCUT2D eigenvalue weighted by Crippen LogP contribution is -2.65. The van der Waals surface area contributed by atoms with Crippen LogP contribution in [0.25, 0.3) is 0 Å². The highest BCUT2D eigenvalue weighted by Gasteiger charge is 2.39. The fraction of sp³-hybridized carbons (Fsp3) is 0.417. The molecule has 0 aliphatic carbocycles. The first-order chi connectivity index (χ1) is 8.15. The zero-order valence-corrected chi connectivity index (χ0v) is 10.5. The van der Waals surface area contributed by atoms with E-state index in [1.54, 1.807) is 11.8 Å². The third kappa shape index (κ3) is 2.73. The Morgan fingerprint density at radius 3 is 2.76 bits per heavy atom. The van der Waals surface area contributed by atoms with E-state index in [2.05, 4.69) is 10.6 Å². The van der Waals surface area contributed by atoms with E-state index < -0.39 is 5.97 Å². The number of aliphatic carboxylic acids is 1. The molecule has 0 atom stereocenters. The highest BCUT2D eigenvalue weighted by Crippen LogP contribution is 2.30. The molecule has 1 fully saturated rings. The monoisotopic (exact) mass is 252 g/mol. The second kappa shape index (κ2) is 4.98. The number of hydrogen-bond donors (Lipinski definition) is 3. The summed E-state index contributed by atoms with van der Waals surface area (Å²) in [4.78, 5) is 12.0. The number of thioether (sulfide) groups is 1. The molecule has 1 saturated heterocycles. The molecule has 1 heterocycles. The normalized spacial score (nSPS) is 17.2. The molecule has 1 aliphatic heterocycles. The fourth-order valence-corrected chi connectivity index (χ4v) is 2.56. The predicted molar refractivity (Wildman–Crippen MR) is 69.7 cm³/mol. The molecule has 0 saturated carbocycles. The van der Waals surface area contributed by atoms with E-state index in [4.69, 9.17) is 5.11 Å². The number of benzene rings is 1. The van der Waals surface area contributed by atoms with Crippen molar-refractivity contribution in [1.29, 1.82) is 0 Å². The van der Waals surface area contributed by atoms with Crippen LogP contribution in [0.1, 0.15) is 6.42 Å². The zero-order chi connectivity index (χ0) is 12.3. The van der Waals surface area contributed by atoms with Gasteiger partial charge in [-0.25, -0.2) is 0 Å². The lowest BCUT2D eigenvalue weighted by molar-refractivity contribution is -0.138. The third-order valence-corrected chi connectivity index (χ3v) is 3.72. The molecular weight excluding hydrogens is 236 g/mol. The number of anilines is 1. The van der Waals surface area contributed by atoms with Gasteiger partial charge < -0.3 is 15.7 Å². The molecule has 0 bridgehead atoms. The highest BCUT2D eigenvalue weighted by atomic mass is 32.2. The summed E-state index contributed by atoms with van der Waals surface area (Å²) < 4.78 is 0. The van der Waals surface area contributed by atoms with Crippen LogP contribution in [0.3, 0.4) is 0 Å². The van der Waals surface area contributed by atoms with Crippen molar-refractivity contribution in [3.63, 3.8) is 0 Å². The minimum atomic E-state index is -0.763. The van der Waals surface area contributed by atoms with Gasteiger partial charge in [-0.1, -0.05) is 12.1 Å². The maximum absolute atomic E-state index is 10.9. The van der Waals surface area contributed by atoms with Crippen LogP contribution in [0.2, 0.25) is 0 Å². The summed E-state index contributed by atoms with van der Waals surface area (Å²) in [5.41, 5.74) is 0.681. The van der Waals surface area contributed by atoms with Crippen LogP contribution in [0.4, 0.5) is 5.69 Å². The van der Waals surface area contributed by atoms with Gasteiger partial charge in [0.2, 0.25) is 0 Å². The molecule has 0 radical (unpaired) electrons. The van der Waals surface area contributed by atoms with Crippen LogP contribution in [0.15, 0.2) is 29.2 Å². The fourth-order valence-electron chi connectivity index (χ4n) is 2.01. The Morgan fingerprint density at radius 1 is 1.53 bits per heavy atom. The van der Waals surface area contributed by atoms with Crippen molar-refractivity contribution in [2.45, 2.75) is 16.9 Å². The second-order valence-electron chi connectivity index (χ2n) is 4.28. The largest absolute Gasteiger partial charge is 0.481 e. The van der Waals surface area contributed by atoms with E-state index in [1.165, 1.54) is 0 Å². The van der Waals surface area contributed by atoms with Crippen LogP contribution in [-0.2, 0) is 4.79 Å². The first kappa shape index (κ1) is 12.3. The van der Waals surface area contributed by atoms with Crippen molar-refractivity contribution in [3.05, 3.63) is 24.3 Å². The minimum Gasteiger partial charge on any atom is -0.481 e. The number of nitrogens with one attached hydrogen (secondary N) is 2. The van der Waals surface area contributed by atoms with Crippen LogP contribution in [0, 0.1) is 0 Å². The molecule has 0 aromatic heterocycles. The number of rotatable bonds is 5. The molecule has 2 rings (SSSR count). The van der Waals surface area contributed by atoms with Crippen LogP contribution in [-0.4, -0.2) is 36.0 Å². The third-order valence-electron chi connectivity index (χ3n) is 2.92. The Bertz CT molecular complexity index is 419. The van der Waals surface area contributed by atoms with Crippen LogP contribution in [0.5, 0.6) is 0 Å². The minimum absolute atomic E-state index is 0.142. The van der Waals surface area contributed by atoms with Crippen molar-refractivity contribution in [2.24, 2.45) is 0 Å². The van der Waals surface area contributed by atoms with Gasteiger partial charge in [0.05, 0.1) is 12.0 Å². The SMILES string of the molecule is CSc1ccccc1NC1(CC(=O)O)CNC1. The summed E-state index contributed by atoms with van der Waals surface area (Å²) in [6.07, 6.45) is 2.16. The maximum Gasteiger partial charge on any atom is 0.305 e. The van der Waals surface area contributed by atoms with E-state index in [0.717, 1.165) is 10.6 Å². The molecule has 0 spiro atoms. The molecule has 1 aromatic rings. The van der Waals surface area contributed by atoms with Gasteiger partial charge >= 0.3 is 5.97 Å². The molecule has 4 nitrogen and oxygen atoms in total. The number of carboxylic acid groups (broad SMARTS) is 1. The molecule has 0 amide bonds. The number of carbonyl (C=O) groups is 1. The van der Waals surface area contributed by atoms with Gasteiger partial charge in [0.1, 0.15) is 0 Å². The van der Waals surface area contributed by atoms with E-state index in [9.17, 15) is 4.79 Å². The Hall–Kier alpha value is -1.20. The number of carboxylic acids is 1. The molecular formula is C12H16N2O2S. The Morgan fingerprint density at radius 2 is 2.24 bits per heavy atom. The summed E-state index contributed by atoms with van der Waals surface area (Å²) in [6.45, 7) is 1.39. The molecule has 0 unspecified atom stereocenters. The Kier molecular flexibility index (Phi) is 3.59. The average molecular weight is 252 g/mol. The number of hydrogen-bond acceptors (Lipinski definition) is 4. The second-order valence-corrected chi connectivity index (χ2v) is 5.13. The van der Waals surface area contributed by atoms with E-state index in [0.29, 0.717) is 13.1 Å². The van der Waals surface area contributed by atoms with Gasteiger partial charge in [0, 0.05) is 23.7 Å². The van der Waals surface area contributed by atoms with Gasteiger partial charge in [0.15, 0.2) is 0 Å². The average Bonchev–Trinajstić information content (AvgIpc) is 2.26. The van der Waals surface area contributed by atoms with Crippen molar-refractivity contribution < 1.29 is 9.90 Å². The van der Waals surface area contributed by atoms with Crippen molar-refractivity contribution in [2.75, 3.05) is 24.7 Å². The topological polar surface area (TPSA) is 61.4 Å². The van der Waals surface area contributed by atoms with E-state index in [1.807, 2.05) is 30.5 Å². The molecule has 92 valence electrons. The highest BCUT2D eigenvalue weighted by molar-refractivity contribution is 7.98. The van der Waals surface area contributed by atoms with Gasteiger partial charge in [0.25, 0.3) is 0 Å². The molecule has 17 heavy (non-hydrogen) atoms. The lowest BCUT2D eigenvalue weighted by Gasteiger charge is -2.43. The predicted octanol–water partition coefficient (Wildman–Crippen LogP) is 1.64. The van der Waals surface area contributed by atoms with Gasteiger partial charge in [-0.2, -0.15) is 0 Å².